The van der Waals surface area contributed by atoms with Crippen molar-refractivity contribution in [2.75, 3.05) is 26.2 Å². The predicted molar refractivity (Wildman–Crippen MR) is 108 cm³/mol. The van der Waals surface area contributed by atoms with Gasteiger partial charge in [-0.3, -0.25) is 0 Å². The standard InChI is InChI=1S/C23H25N3O/c24-16-18-7-8-23-21(15-18)22(17-25-23)19-9-12-26(13-10-19)11-4-14-27-20-5-2-1-3-6-20/h1-3,5-8,15,17,19,25H,4,9-14H2. The molecule has 2 heterocycles. The van der Waals surface area contributed by atoms with E-state index >= 15 is 0 Å². The van der Waals surface area contributed by atoms with Crippen LogP contribution in [0.15, 0.2) is 54.7 Å². The summed E-state index contributed by atoms with van der Waals surface area (Å²) in [6.07, 6.45) is 5.53. The molecule has 0 radical (unpaired) electrons. The number of nitrogens with zero attached hydrogens (tertiary/aromatic N) is 2. The molecule has 3 aromatic rings. The molecule has 4 nitrogen and oxygen atoms in total. The van der Waals surface area contributed by atoms with Crippen LogP contribution in [-0.4, -0.2) is 36.1 Å². The number of hydrogen-bond acceptors (Lipinski definition) is 3. The van der Waals surface area contributed by atoms with Crippen molar-refractivity contribution in [2.24, 2.45) is 0 Å². The Morgan fingerprint density at radius 2 is 1.93 bits per heavy atom. The molecular formula is C23H25N3O. The molecule has 1 aromatic heterocycles. The minimum Gasteiger partial charge on any atom is -0.494 e. The molecular weight excluding hydrogens is 334 g/mol. The number of aromatic nitrogens is 1. The van der Waals surface area contributed by atoms with Crippen LogP contribution >= 0.6 is 0 Å². The van der Waals surface area contributed by atoms with Crippen molar-refractivity contribution in [2.45, 2.75) is 25.2 Å². The molecule has 4 rings (SSSR count). The van der Waals surface area contributed by atoms with Gasteiger partial charge in [-0.1, -0.05) is 18.2 Å². The average molecular weight is 359 g/mol. The van der Waals surface area contributed by atoms with E-state index in [0.717, 1.165) is 49.5 Å². The van der Waals surface area contributed by atoms with Gasteiger partial charge in [0.1, 0.15) is 5.75 Å². The summed E-state index contributed by atoms with van der Waals surface area (Å²) in [6.45, 7) is 4.11. The molecule has 1 aliphatic rings. The van der Waals surface area contributed by atoms with Crippen LogP contribution in [0.25, 0.3) is 10.9 Å². The summed E-state index contributed by atoms with van der Waals surface area (Å²) in [5.74, 6) is 1.52. The molecule has 0 spiro atoms. The van der Waals surface area contributed by atoms with Crippen LogP contribution in [0, 0.1) is 11.3 Å². The monoisotopic (exact) mass is 359 g/mol. The van der Waals surface area contributed by atoms with Crippen molar-refractivity contribution in [3.05, 3.63) is 65.9 Å². The number of fused-ring (bicyclic) bond motifs is 1. The second-order valence-electron chi connectivity index (χ2n) is 7.25. The molecule has 138 valence electrons. The van der Waals surface area contributed by atoms with Crippen molar-refractivity contribution < 1.29 is 4.74 Å². The van der Waals surface area contributed by atoms with Crippen LogP contribution in [0.5, 0.6) is 5.75 Å². The maximum absolute atomic E-state index is 9.17. The third-order valence-electron chi connectivity index (χ3n) is 5.50. The smallest absolute Gasteiger partial charge is 0.119 e. The molecule has 0 amide bonds. The highest BCUT2D eigenvalue weighted by atomic mass is 16.5. The Bertz CT molecular complexity index is 918. The second kappa shape index (κ2) is 8.28. The first-order valence-electron chi connectivity index (χ1n) is 9.75. The number of benzene rings is 2. The third kappa shape index (κ3) is 4.15. The highest BCUT2D eigenvalue weighted by Gasteiger charge is 2.22. The summed E-state index contributed by atoms with van der Waals surface area (Å²) >= 11 is 0. The molecule has 1 saturated heterocycles. The molecule has 0 unspecified atom stereocenters. The Labute approximate surface area is 160 Å². The van der Waals surface area contributed by atoms with E-state index < -0.39 is 0 Å². The van der Waals surface area contributed by atoms with Gasteiger partial charge in [0.25, 0.3) is 0 Å². The summed E-state index contributed by atoms with van der Waals surface area (Å²) in [4.78, 5) is 5.91. The maximum Gasteiger partial charge on any atom is 0.119 e. The van der Waals surface area contributed by atoms with Crippen LogP contribution in [-0.2, 0) is 0 Å². The van der Waals surface area contributed by atoms with E-state index in [-0.39, 0.29) is 0 Å². The van der Waals surface area contributed by atoms with Crippen LogP contribution < -0.4 is 4.74 Å². The van der Waals surface area contributed by atoms with Gasteiger partial charge in [0.15, 0.2) is 0 Å². The normalized spacial score (nSPS) is 15.7. The predicted octanol–water partition coefficient (Wildman–Crippen LogP) is 4.69. The number of piperidine rings is 1. The SMILES string of the molecule is N#Cc1ccc2[nH]cc(C3CCN(CCCOc4ccccc4)CC3)c2c1. The van der Waals surface area contributed by atoms with E-state index in [9.17, 15) is 0 Å². The minimum absolute atomic E-state index is 0.574. The Hall–Kier alpha value is -2.77. The van der Waals surface area contributed by atoms with Gasteiger partial charge < -0.3 is 14.6 Å². The first kappa shape index (κ1) is 17.6. The molecule has 27 heavy (non-hydrogen) atoms. The molecule has 1 N–H and O–H groups in total. The lowest BCUT2D eigenvalue weighted by atomic mass is 9.89. The lowest BCUT2D eigenvalue weighted by Gasteiger charge is -2.31. The van der Waals surface area contributed by atoms with Crippen molar-refractivity contribution >= 4 is 10.9 Å². The van der Waals surface area contributed by atoms with Gasteiger partial charge in [-0.15, -0.1) is 0 Å². The quantitative estimate of drug-likeness (QED) is 0.650. The number of nitriles is 1. The van der Waals surface area contributed by atoms with Gasteiger partial charge in [-0.2, -0.15) is 5.26 Å². The number of ether oxygens (including phenoxy) is 1. The lowest BCUT2D eigenvalue weighted by Crippen LogP contribution is -2.34. The van der Waals surface area contributed by atoms with Crippen LogP contribution in [0.4, 0.5) is 0 Å². The van der Waals surface area contributed by atoms with E-state index in [1.165, 1.54) is 23.8 Å². The highest BCUT2D eigenvalue weighted by molar-refractivity contribution is 5.85. The Morgan fingerprint density at radius 1 is 1.11 bits per heavy atom. The number of H-pyrrole nitrogens is 1. The minimum atomic E-state index is 0.574. The van der Waals surface area contributed by atoms with Gasteiger partial charge in [0.2, 0.25) is 0 Å². The zero-order valence-electron chi connectivity index (χ0n) is 15.5. The topological polar surface area (TPSA) is 52.0 Å². The molecule has 0 bridgehead atoms. The maximum atomic E-state index is 9.17. The summed E-state index contributed by atoms with van der Waals surface area (Å²) in [5.41, 5.74) is 3.23. The number of nitrogens with one attached hydrogen (secondary N) is 1. The summed E-state index contributed by atoms with van der Waals surface area (Å²) in [5, 5.41) is 10.4. The second-order valence-corrected chi connectivity index (χ2v) is 7.25. The van der Waals surface area contributed by atoms with E-state index in [2.05, 4.69) is 22.1 Å². The summed E-state index contributed by atoms with van der Waals surface area (Å²) < 4.78 is 5.79. The van der Waals surface area contributed by atoms with E-state index in [4.69, 9.17) is 10.00 Å². The molecule has 2 aromatic carbocycles. The average Bonchev–Trinajstić information content (AvgIpc) is 3.15. The zero-order chi connectivity index (χ0) is 18.5. The molecule has 0 aliphatic carbocycles. The van der Waals surface area contributed by atoms with Crippen molar-refractivity contribution in [1.29, 1.82) is 5.26 Å². The van der Waals surface area contributed by atoms with Gasteiger partial charge >= 0.3 is 0 Å². The summed E-state index contributed by atoms with van der Waals surface area (Å²) in [7, 11) is 0. The van der Waals surface area contributed by atoms with Gasteiger partial charge in [-0.05, 0) is 74.2 Å². The van der Waals surface area contributed by atoms with Crippen molar-refractivity contribution in [1.82, 2.24) is 9.88 Å². The molecule has 4 heteroatoms. The highest BCUT2D eigenvalue weighted by Crippen LogP contribution is 2.33. The molecule has 1 fully saturated rings. The first-order chi connectivity index (χ1) is 13.3. The zero-order valence-corrected chi connectivity index (χ0v) is 15.5. The first-order valence-corrected chi connectivity index (χ1v) is 9.75. The Balaban J connectivity index is 1.27. The fourth-order valence-electron chi connectivity index (χ4n) is 4.01. The Kier molecular flexibility index (Phi) is 5.41. The van der Waals surface area contributed by atoms with E-state index in [0.29, 0.717) is 5.92 Å². The fourth-order valence-corrected chi connectivity index (χ4v) is 4.01. The van der Waals surface area contributed by atoms with Gasteiger partial charge in [0.05, 0.1) is 18.2 Å². The number of para-hydroxylation sites is 1. The third-order valence-corrected chi connectivity index (χ3v) is 5.50. The van der Waals surface area contributed by atoms with Crippen molar-refractivity contribution in [3.63, 3.8) is 0 Å². The lowest BCUT2D eigenvalue weighted by molar-refractivity contribution is 0.193. The molecule has 0 saturated carbocycles. The van der Waals surface area contributed by atoms with Gasteiger partial charge in [-0.25, -0.2) is 0 Å². The van der Waals surface area contributed by atoms with Crippen LogP contribution in [0.3, 0.4) is 0 Å². The number of likely N-dealkylation sites (tertiary alicyclic amines) is 1. The number of hydrogen-bond donors (Lipinski definition) is 1. The summed E-state index contributed by atoms with van der Waals surface area (Å²) in [6, 6.07) is 18.2. The Morgan fingerprint density at radius 3 is 2.70 bits per heavy atom. The van der Waals surface area contributed by atoms with Crippen molar-refractivity contribution in [3.8, 4) is 11.8 Å². The number of rotatable bonds is 6. The number of aromatic amines is 1. The van der Waals surface area contributed by atoms with Gasteiger partial charge in [0, 0.05) is 23.6 Å². The fraction of sp³-hybridized carbons (Fsp3) is 0.348. The van der Waals surface area contributed by atoms with Crippen LogP contribution in [0.1, 0.15) is 36.3 Å². The largest absolute Gasteiger partial charge is 0.494 e. The molecule has 0 atom stereocenters. The van der Waals surface area contributed by atoms with E-state index in [1.54, 1.807) is 0 Å². The van der Waals surface area contributed by atoms with Crippen LogP contribution in [0.2, 0.25) is 0 Å². The van der Waals surface area contributed by atoms with E-state index in [1.807, 2.05) is 48.5 Å². The molecule has 1 aliphatic heterocycles.